The molecule has 5 nitrogen and oxygen atoms in total. The van der Waals surface area contributed by atoms with Gasteiger partial charge in [-0.15, -0.1) is 0 Å². The minimum atomic E-state index is -4.08. The summed E-state index contributed by atoms with van der Waals surface area (Å²) < 4.78 is 39.9. The van der Waals surface area contributed by atoms with Gasteiger partial charge in [-0.1, -0.05) is 29.8 Å². The average Bonchev–Trinajstić information content (AvgIpc) is 3.10. The highest BCUT2D eigenvalue weighted by molar-refractivity contribution is 7.96. The highest BCUT2D eigenvalue weighted by Gasteiger charge is 2.41. The van der Waals surface area contributed by atoms with E-state index in [1.165, 1.54) is 12.1 Å². The van der Waals surface area contributed by atoms with E-state index in [-0.39, 0.29) is 16.3 Å². The predicted octanol–water partition coefficient (Wildman–Crippen LogP) is 3.05. The molecule has 0 spiro atoms. The second-order valence-corrected chi connectivity index (χ2v) is 8.67. The van der Waals surface area contributed by atoms with Gasteiger partial charge in [-0.25, -0.2) is 12.8 Å². The van der Waals surface area contributed by atoms with Crippen molar-refractivity contribution in [3.8, 4) is 0 Å². The molecule has 0 radical (unpaired) electrons. The van der Waals surface area contributed by atoms with Crippen LogP contribution in [0.2, 0.25) is 0 Å². The van der Waals surface area contributed by atoms with E-state index in [2.05, 4.69) is 5.32 Å². The van der Waals surface area contributed by atoms with Gasteiger partial charge in [0, 0.05) is 18.8 Å². The summed E-state index contributed by atoms with van der Waals surface area (Å²) in [5, 5.41) is 2.71. The zero-order valence-electron chi connectivity index (χ0n) is 14.8. The largest absolute Gasteiger partial charge is 0.347 e. The van der Waals surface area contributed by atoms with E-state index >= 15 is 0 Å². The van der Waals surface area contributed by atoms with Gasteiger partial charge >= 0.3 is 0 Å². The lowest BCUT2D eigenvalue weighted by atomic mass is 10.1. The first kappa shape index (κ1) is 17.7. The van der Waals surface area contributed by atoms with Crippen LogP contribution in [0.1, 0.15) is 24.0 Å². The van der Waals surface area contributed by atoms with Gasteiger partial charge in [-0.05, 0) is 43.5 Å². The Morgan fingerprint density at radius 1 is 1.19 bits per heavy atom. The lowest BCUT2D eigenvalue weighted by Crippen LogP contribution is -2.35. The van der Waals surface area contributed by atoms with Gasteiger partial charge in [0.2, 0.25) is 9.84 Å². The van der Waals surface area contributed by atoms with Crippen molar-refractivity contribution < 1.29 is 17.6 Å². The monoisotopic (exact) mass is 386 g/mol. The second-order valence-electron chi connectivity index (χ2n) is 6.81. The maximum atomic E-state index is 13.7. The van der Waals surface area contributed by atoms with Crippen LogP contribution in [0.5, 0.6) is 0 Å². The molecule has 2 aliphatic heterocycles. The Balaban J connectivity index is 1.70. The first-order valence-electron chi connectivity index (χ1n) is 8.77. The molecular weight excluding hydrogens is 367 g/mol. The number of nitrogens with zero attached hydrogens (tertiary/aromatic N) is 1. The quantitative estimate of drug-likeness (QED) is 0.881. The summed E-state index contributed by atoms with van der Waals surface area (Å²) in [4.78, 5) is 14.2. The number of aryl methyl sites for hydroxylation is 1. The molecule has 0 aliphatic carbocycles. The number of sulfone groups is 1. The number of amides is 1. The van der Waals surface area contributed by atoms with E-state index in [1.54, 1.807) is 0 Å². The van der Waals surface area contributed by atoms with Gasteiger partial charge in [-0.3, -0.25) is 4.79 Å². The van der Waals surface area contributed by atoms with E-state index in [9.17, 15) is 17.6 Å². The number of benzene rings is 2. The fraction of sp³-hybridized carbons (Fsp3) is 0.250. The van der Waals surface area contributed by atoms with Gasteiger partial charge in [0.05, 0.1) is 10.6 Å². The Bertz CT molecular complexity index is 1060. The summed E-state index contributed by atoms with van der Waals surface area (Å²) in [6, 6.07) is 11.3. The highest BCUT2D eigenvalue weighted by Crippen LogP contribution is 2.43. The molecule has 7 heteroatoms. The van der Waals surface area contributed by atoms with Crippen LogP contribution in [0.15, 0.2) is 58.0 Å². The van der Waals surface area contributed by atoms with Crippen LogP contribution in [-0.2, 0) is 21.2 Å². The van der Waals surface area contributed by atoms with Crippen LogP contribution in [0.4, 0.5) is 10.1 Å². The third-order valence-corrected chi connectivity index (χ3v) is 6.80. The number of hydrogen-bond donors (Lipinski definition) is 1. The molecule has 0 aromatic heterocycles. The maximum Gasteiger partial charge on any atom is 0.265 e. The van der Waals surface area contributed by atoms with Crippen molar-refractivity contribution in [3.63, 3.8) is 0 Å². The van der Waals surface area contributed by atoms with Crippen LogP contribution in [-0.4, -0.2) is 20.9 Å². The average molecular weight is 386 g/mol. The second kappa shape index (κ2) is 6.49. The van der Waals surface area contributed by atoms with Crippen molar-refractivity contribution in [3.05, 3.63) is 70.0 Å². The van der Waals surface area contributed by atoms with Gasteiger partial charge in [0.25, 0.3) is 5.91 Å². The molecule has 2 aromatic rings. The smallest absolute Gasteiger partial charge is 0.265 e. The minimum Gasteiger partial charge on any atom is -0.347 e. The standard InChI is InChI=1S/C20H19FN2O3S/c1-13-4-6-14(7-5-13)12-22-20(24)19-17-3-2-10-23(17)16-9-8-15(21)11-18(16)27(19,25)26/h4-9,11H,2-3,10,12H2,1H3,(H,22,24). The van der Waals surface area contributed by atoms with Crippen molar-refractivity contribution in [2.75, 3.05) is 11.4 Å². The number of carbonyl (C=O) groups is 1. The Morgan fingerprint density at radius 3 is 2.67 bits per heavy atom. The molecule has 0 unspecified atom stereocenters. The van der Waals surface area contributed by atoms with Crippen molar-refractivity contribution in [2.45, 2.75) is 31.2 Å². The summed E-state index contributed by atoms with van der Waals surface area (Å²) >= 11 is 0. The first-order valence-corrected chi connectivity index (χ1v) is 10.3. The van der Waals surface area contributed by atoms with E-state index in [1.807, 2.05) is 36.1 Å². The summed E-state index contributed by atoms with van der Waals surface area (Å²) in [6.45, 7) is 2.80. The maximum absolute atomic E-state index is 13.7. The molecule has 1 N–H and O–H groups in total. The van der Waals surface area contributed by atoms with Crippen molar-refractivity contribution in [1.82, 2.24) is 5.32 Å². The van der Waals surface area contributed by atoms with Gasteiger partial charge in [-0.2, -0.15) is 0 Å². The SMILES string of the molecule is Cc1ccc(CNC(=O)C2=C3CCCN3c3ccc(F)cc3S2(=O)=O)cc1. The topological polar surface area (TPSA) is 66.5 Å². The van der Waals surface area contributed by atoms with Gasteiger partial charge in [0.1, 0.15) is 5.82 Å². The Morgan fingerprint density at radius 2 is 1.93 bits per heavy atom. The van der Waals surface area contributed by atoms with Crippen LogP contribution in [0, 0.1) is 12.7 Å². The van der Waals surface area contributed by atoms with Crippen LogP contribution in [0.25, 0.3) is 0 Å². The molecule has 140 valence electrons. The fourth-order valence-corrected chi connectivity index (χ4v) is 5.37. The number of hydrogen-bond acceptors (Lipinski definition) is 4. The third-order valence-electron chi connectivity index (χ3n) is 4.93. The van der Waals surface area contributed by atoms with Gasteiger partial charge in [0.15, 0.2) is 4.91 Å². The van der Waals surface area contributed by atoms with Gasteiger partial charge < -0.3 is 10.2 Å². The number of rotatable bonds is 3. The summed E-state index contributed by atoms with van der Waals surface area (Å²) in [5.41, 5.74) is 2.92. The molecule has 0 saturated carbocycles. The number of fused-ring (bicyclic) bond motifs is 3. The lowest BCUT2D eigenvalue weighted by molar-refractivity contribution is -0.117. The molecule has 0 bridgehead atoms. The summed E-state index contributed by atoms with van der Waals surface area (Å²) in [7, 11) is -4.08. The zero-order valence-corrected chi connectivity index (χ0v) is 15.6. The molecule has 2 aliphatic rings. The van der Waals surface area contributed by atoms with Crippen molar-refractivity contribution in [2.24, 2.45) is 0 Å². The van der Waals surface area contributed by atoms with E-state index in [4.69, 9.17) is 0 Å². The number of carbonyl (C=O) groups excluding carboxylic acids is 1. The van der Waals surface area contributed by atoms with E-state index in [0.29, 0.717) is 24.4 Å². The van der Waals surface area contributed by atoms with Crippen LogP contribution < -0.4 is 10.2 Å². The lowest BCUT2D eigenvalue weighted by Gasteiger charge is -2.30. The molecule has 4 rings (SSSR count). The van der Waals surface area contributed by atoms with Crippen LogP contribution >= 0.6 is 0 Å². The van der Waals surface area contributed by atoms with Crippen LogP contribution in [0.3, 0.4) is 0 Å². The number of allylic oxidation sites excluding steroid dienone is 1. The molecule has 1 fully saturated rings. The fourth-order valence-electron chi connectivity index (χ4n) is 3.59. The first-order chi connectivity index (χ1) is 12.9. The Hall–Kier alpha value is -2.67. The number of nitrogens with one attached hydrogen (secondary N) is 1. The minimum absolute atomic E-state index is 0.145. The normalized spacial score (nSPS) is 17.5. The predicted molar refractivity (Wildman–Crippen MR) is 100 cm³/mol. The highest BCUT2D eigenvalue weighted by atomic mass is 32.2. The number of anilines is 1. The summed E-state index contributed by atoms with van der Waals surface area (Å²) in [6.07, 6.45) is 1.25. The number of halogens is 1. The molecule has 27 heavy (non-hydrogen) atoms. The molecular formula is C20H19FN2O3S. The Labute approximate surface area is 157 Å². The van der Waals surface area contributed by atoms with Crippen molar-refractivity contribution in [1.29, 1.82) is 0 Å². The van der Waals surface area contributed by atoms with E-state index < -0.39 is 21.6 Å². The molecule has 0 atom stereocenters. The summed E-state index contributed by atoms with van der Waals surface area (Å²) in [5.74, 6) is -1.29. The third kappa shape index (κ3) is 3.02. The van der Waals surface area contributed by atoms with E-state index in [0.717, 1.165) is 23.6 Å². The van der Waals surface area contributed by atoms with Crippen molar-refractivity contribution >= 4 is 21.4 Å². The zero-order chi connectivity index (χ0) is 19.2. The molecule has 1 saturated heterocycles. The molecule has 2 aromatic carbocycles. The molecule has 1 amide bonds. The molecule has 2 heterocycles. The Kier molecular flexibility index (Phi) is 4.26.